The molecule has 1 aromatic rings. The van der Waals surface area contributed by atoms with Crippen molar-refractivity contribution >= 4 is 11.8 Å². The second kappa shape index (κ2) is 4.87. The fourth-order valence-electron chi connectivity index (χ4n) is 2.04. The first-order chi connectivity index (χ1) is 8.08. The molecule has 2 unspecified atom stereocenters. The summed E-state index contributed by atoms with van der Waals surface area (Å²) in [7, 11) is 0. The highest BCUT2D eigenvalue weighted by atomic mass is 16.5. The number of amides is 1. The molecule has 1 fully saturated rings. The molecule has 0 radical (unpaired) electrons. The highest BCUT2D eigenvalue weighted by Gasteiger charge is 2.25. The quantitative estimate of drug-likeness (QED) is 0.820. The third-order valence-corrected chi connectivity index (χ3v) is 3.38. The van der Waals surface area contributed by atoms with E-state index in [0.717, 1.165) is 30.6 Å². The van der Waals surface area contributed by atoms with E-state index in [1.807, 2.05) is 13.8 Å². The summed E-state index contributed by atoms with van der Waals surface area (Å²) < 4.78 is 5.07. The Hall–Kier alpha value is -1.36. The Kier molecular flexibility index (Phi) is 3.47. The van der Waals surface area contributed by atoms with Crippen LogP contribution in [0.5, 0.6) is 0 Å². The van der Waals surface area contributed by atoms with E-state index in [1.165, 1.54) is 0 Å². The maximum Gasteiger partial charge on any atom is 0.243 e. The normalized spacial score (nSPS) is 24.6. The number of hydrogen-bond acceptors (Lipinski definition) is 4. The predicted octanol–water partition coefficient (Wildman–Crippen LogP) is 1.62. The summed E-state index contributed by atoms with van der Waals surface area (Å²) in [4.78, 5) is 12.0. The predicted molar refractivity (Wildman–Crippen MR) is 64.8 cm³/mol. The van der Waals surface area contributed by atoms with Gasteiger partial charge in [0, 0.05) is 5.56 Å². The number of piperidine rings is 1. The summed E-state index contributed by atoms with van der Waals surface area (Å²) in [5.74, 6) is 1.02. The molecule has 0 aliphatic carbocycles. The number of hydrogen-bond donors (Lipinski definition) is 2. The molecule has 94 valence electrons. The van der Waals surface area contributed by atoms with Crippen molar-refractivity contribution in [2.45, 2.75) is 39.7 Å². The van der Waals surface area contributed by atoms with Gasteiger partial charge in [-0.1, -0.05) is 12.1 Å². The third-order valence-electron chi connectivity index (χ3n) is 3.38. The molecular formula is C12H19N3O2. The summed E-state index contributed by atoms with van der Waals surface area (Å²) in [6.07, 6.45) is 2.00. The zero-order valence-electron chi connectivity index (χ0n) is 10.5. The van der Waals surface area contributed by atoms with Gasteiger partial charge in [-0.15, -0.1) is 0 Å². The maximum atomic E-state index is 12.0. The molecule has 2 heterocycles. The maximum absolute atomic E-state index is 12.0. The van der Waals surface area contributed by atoms with Gasteiger partial charge in [0.2, 0.25) is 11.8 Å². The monoisotopic (exact) mass is 237 g/mol. The van der Waals surface area contributed by atoms with Crippen LogP contribution in [0, 0.1) is 19.8 Å². The van der Waals surface area contributed by atoms with Gasteiger partial charge in [0.1, 0.15) is 0 Å². The number of anilines is 1. The third kappa shape index (κ3) is 2.66. The van der Waals surface area contributed by atoms with E-state index in [1.54, 1.807) is 0 Å². The lowest BCUT2D eigenvalue weighted by atomic mass is 9.94. The Morgan fingerprint density at radius 1 is 1.53 bits per heavy atom. The fourth-order valence-corrected chi connectivity index (χ4v) is 2.04. The van der Waals surface area contributed by atoms with Crippen molar-refractivity contribution in [1.29, 1.82) is 0 Å². The largest absolute Gasteiger partial charge is 0.338 e. The Bertz CT molecular complexity index is 414. The van der Waals surface area contributed by atoms with E-state index >= 15 is 0 Å². The van der Waals surface area contributed by atoms with E-state index in [2.05, 4.69) is 22.7 Å². The Balaban J connectivity index is 1.99. The number of carbonyl (C=O) groups is 1. The molecule has 17 heavy (non-hydrogen) atoms. The minimum Gasteiger partial charge on any atom is -0.338 e. The average Bonchev–Trinajstić information content (AvgIpc) is 2.61. The van der Waals surface area contributed by atoms with Crippen LogP contribution in [0.15, 0.2) is 4.52 Å². The molecule has 0 spiro atoms. The van der Waals surface area contributed by atoms with Gasteiger partial charge in [0.25, 0.3) is 0 Å². The van der Waals surface area contributed by atoms with Crippen molar-refractivity contribution in [3.05, 3.63) is 11.3 Å². The molecule has 0 saturated carbocycles. The topological polar surface area (TPSA) is 67.2 Å². The van der Waals surface area contributed by atoms with Crippen LogP contribution in [0.2, 0.25) is 0 Å². The van der Waals surface area contributed by atoms with Gasteiger partial charge in [-0.05, 0) is 39.2 Å². The summed E-state index contributed by atoms with van der Waals surface area (Å²) >= 11 is 0. The summed E-state index contributed by atoms with van der Waals surface area (Å²) in [6, 6.07) is -0.122. The summed E-state index contributed by atoms with van der Waals surface area (Å²) in [6.45, 7) is 6.81. The minimum atomic E-state index is -0.122. The van der Waals surface area contributed by atoms with Gasteiger partial charge in [0.15, 0.2) is 0 Å². The Morgan fingerprint density at radius 2 is 2.29 bits per heavy atom. The zero-order chi connectivity index (χ0) is 12.4. The van der Waals surface area contributed by atoms with Crippen molar-refractivity contribution in [1.82, 2.24) is 10.5 Å². The molecule has 2 rings (SSSR count). The first-order valence-corrected chi connectivity index (χ1v) is 6.05. The molecule has 5 nitrogen and oxygen atoms in total. The van der Waals surface area contributed by atoms with Gasteiger partial charge in [-0.2, -0.15) is 0 Å². The minimum absolute atomic E-state index is 0.0317. The molecule has 1 aliphatic heterocycles. The van der Waals surface area contributed by atoms with Gasteiger partial charge in [-0.3, -0.25) is 10.1 Å². The van der Waals surface area contributed by atoms with Crippen LogP contribution >= 0.6 is 0 Å². The van der Waals surface area contributed by atoms with Crippen LogP contribution in [-0.4, -0.2) is 23.7 Å². The van der Waals surface area contributed by atoms with E-state index in [4.69, 9.17) is 4.52 Å². The standard InChI is InChI=1S/C12H19N3O2/c1-7-4-5-13-10(6-7)11(16)14-12-8(2)9(3)15-17-12/h7,10,13H,4-6H2,1-3H3,(H,14,16). The van der Waals surface area contributed by atoms with Crippen molar-refractivity contribution < 1.29 is 9.32 Å². The van der Waals surface area contributed by atoms with Crippen LogP contribution in [0.3, 0.4) is 0 Å². The molecule has 2 atom stereocenters. The number of nitrogens with zero attached hydrogens (tertiary/aromatic N) is 1. The van der Waals surface area contributed by atoms with Crippen molar-refractivity contribution in [2.24, 2.45) is 5.92 Å². The zero-order valence-corrected chi connectivity index (χ0v) is 10.5. The van der Waals surface area contributed by atoms with E-state index < -0.39 is 0 Å². The Labute approximate surface area is 101 Å². The van der Waals surface area contributed by atoms with Crippen molar-refractivity contribution in [3.63, 3.8) is 0 Å². The average molecular weight is 237 g/mol. The van der Waals surface area contributed by atoms with E-state index in [9.17, 15) is 4.79 Å². The molecule has 0 aromatic carbocycles. The first-order valence-electron chi connectivity index (χ1n) is 6.05. The number of aromatic nitrogens is 1. The molecule has 1 amide bonds. The Morgan fingerprint density at radius 3 is 2.88 bits per heavy atom. The lowest BCUT2D eigenvalue weighted by molar-refractivity contribution is -0.119. The van der Waals surface area contributed by atoms with E-state index in [0.29, 0.717) is 11.8 Å². The molecular weight excluding hydrogens is 218 g/mol. The van der Waals surface area contributed by atoms with Gasteiger partial charge < -0.3 is 9.84 Å². The van der Waals surface area contributed by atoms with Gasteiger partial charge in [-0.25, -0.2) is 0 Å². The second-order valence-corrected chi connectivity index (χ2v) is 4.85. The highest BCUT2D eigenvalue weighted by molar-refractivity contribution is 5.94. The smallest absolute Gasteiger partial charge is 0.243 e. The molecule has 1 saturated heterocycles. The van der Waals surface area contributed by atoms with Crippen LogP contribution in [-0.2, 0) is 4.79 Å². The van der Waals surface area contributed by atoms with Gasteiger partial charge >= 0.3 is 0 Å². The first kappa shape index (κ1) is 12.1. The highest BCUT2D eigenvalue weighted by Crippen LogP contribution is 2.20. The molecule has 0 bridgehead atoms. The number of aryl methyl sites for hydroxylation is 1. The summed E-state index contributed by atoms with van der Waals surface area (Å²) in [5, 5.41) is 9.83. The van der Waals surface area contributed by atoms with E-state index in [-0.39, 0.29) is 11.9 Å². The summed E-state index contributed by atoms with van der Waals surface area (Å²) in [5.41, 5.74) is 1.70. The SMILES string of the molecule is Cc1noc(NC(=O)C2CC(C)CCN2)c1C. The van der Waals surface area contributed by atoms with Crippen LogP contribution in [0.25, 0.3) is 0 Å². The van der Waals surface area contributed by atoms with Crippen molar-refractivity contribution in [2.75, 3.05) is 11.9 Å². The molecule has 1 aliphatic rings. The second-order valence-electron chi connectivity index (χ2n) is 4.85. The van der Waals surface area contributed by atoms with Crippen LogP contribution in [0.4, 0.5) is 5.88 Å². The lowest BCUT2D eigenvalue weighted by Crippen LogP contribution is -2.45. The molecule has 2 N–H and O–H groups in total. The number of carbonyl (C=O) groups excluding carboxylic acids is 1. The fraction of sp³-hybridized carbons (Fsp3) is 0.667. The van der Waals surface area contributed by atoms with Crippen LogP contribution < -0.4 is 10.6 Å². The van der Waals surface area contributed by atoms with Gasteiger partial charge in [0.05, 0.1) is 11.7 Å². The lowest BCUT2D eigenvalue weighted by Gasteiger charge is -2.26. The number of rotatable bonds is 2. The molecule has 5 heteroatoms. The molecule has 1 aromatic heterocycles. The van der Waals surface area contributed by atoms with Crippen LogP contribution in [0.1, 0.15) is 31.0 Å². The van der Waals surface area contributed by atoms with Crippen molar-refractivity contribution in [3.8, 4) is 0 Å². The number of nitrogens with one attached hydrogen (secondary N) is 2.